The maximum absolute atomic E-state index is 13.2. The van der Waals surface area contributed by atoms with E-state index in [4.69, 9.17) is 9.26 Å². The van der Waals surface area contributed by atoms with Crippen LogP contribution in [0.4, 0.5) is 4.39 Å². The Morgan fingerprint density at radius 2 is 2.05 bits per heavy atom. The van der Waals surface area contributed by atoms with Gasteiger partial charge in [-0.2, -0.15) is 4.57 Å². The van der Waals surface area contributed by atoms with Gasteiger partial charge in [0.15, 0.2) is 5.56 Å². The number of carbonyl (C=O) groups is 1. The van der Waals surface area contributed by atoms with E-state index in [-0.39, 0.29) is 12.2 Å². The van der Waals surface area contributed by atoms with Crippen LogP contribution >= 0.6 is 0 Å². The molecule has 102 valence electrons. The summed E-state index contributed by atoms with van der Waals surface area (Å²) in [6.07, 6.45) is 0. The first-order valence-electron chi connectivity index (χ1n) is 6.03. The lowest BCUT2D eigenvalue weighted by Crippen LogP contribution is -2.13. The number of hydrogen-bond donors (Lipinski definition) is 0. The Hall–Kier alpha value is -2.63. The number of halogens is 1. The predicted molar refractivity (Wildman–Crippen MR) is 69.4 cm³/mol. The standard InChI is InChI=1S/C14H10FNO4/c1-2-19-13(17)12-11-5-3-8-7-9(15)4-6-10(8)16(11)20-14(12)18/h3-7H,2H2,1H3. The average Bonchev–Trinajstić information content (AvgIpc) is 2.75. The number of rotatable bonds is 2. The van der Waals surface area contributed by atoms with Crippen molar-refractivity contribution in [3.63, 3.8) is 0 Å². The smallest absolute Gasteiger partial charge is 0.373 e. The highest BCUT2D eigenvalue weighted by atomic mass is 19.1. The van der Waals surface area contributed by atoms with Crippen molar-refractivity contribution in [3.8, 4) is 0 Å². The molecule has 3 rings (SSSR count). The molecule has 20 heavy (non-hydrogen) atoms. The molecule has 0 amide bonds. The number of fused-ring (bicyclic) bond motifs is 3. The Bertz CT molecular complexity index is 878. The summed E-state index contributed by atoms with van der Waals surface area (Å²) in [5, 5.41) is 0.562. The molecule has 0 saturated heterocycles. The van der Waals surface area contributed by atoms with Gasteiger partial charge in [0.25, 0.3) is 0 Å². The van der Waals surface area contributed by atoms with Crippen LogP contribution in [0.3, 0.4) is 0 Å². The molecule has 0 atom stereocenters. The summed E-state index contributed by atoms with van der Waals surface area (Å²) in [4.78, 5) is 23.6. The van der Waals surface area contributed by atoms with Crippen LogP contribution in [0, 0.1) is 5.82 Å². The molecule has 3 aromatic rings. The lowest BCUT2D eigenvalue weighted by Gasteiger charge is -2.01. The third kappa shape index (κ3) is 1.77. The van der Waals surface area contributed by atoms with Crippen LogP contribution in [-0.2, 0) is 4.74 Å². The maximum Gasteiger partial charge on any atom is 0.373 e. The van der Waals surface area contributed by atoms with Gasteiger partial charge in [0.1, 0.15) is 11.3 Å². The second-order valence-corrected chi connectivity index (χ2v) is 4.19. The highest BCUT2D eigenvalue weighted by molar-refractivity contribution is 5.98. The fourth-order valence-corrected chi connectivity index (χ4v) is 2.12. The van der Waals surface area contributed by atoms with E-state index in [1.807, 2.05) is 0 Å². The zero-order valence-corrected chi connectivity index (χ0v) is 10.6. The molecule has 0 saturated carbocycles. The summed E-state index contributed by atoms with van der Waals surface area (Å²) in [5.41, 5.74) is -0.137. The number of carbonyl (C=O) groups excluding carboxylic acids is 1. The molecule has 0 aliphatic carbocycles. The minimum absolute atomic E-state index is 0.155. The van der Waals surface area contributed by atoms with Gasteiger partial charge < -0.3 is 9.26 Å². The molecule has 0 N–H and O–H groups in total. The van der Waals surface area contributed by atoms with E-state index in [2.05, 4.69) is 0 Å². The minimum Gasteiger partial charge on any atom is -0.462 e. The lowest BCUT2D eigenvalue weighted by molar-refractivity contribution is 0.0525. The first-order valence-corrected chi connectivity index (χ1v) is 6.03. The molecule has 0 aliphatic rings. The molecule has 6 heteroatoms. The second-order valence-electron chi connectivity index (χ2n) is 4.19. The summed E-state index contributed by atoms with van der Waals surface area (Å²) >= 11 is 0. The topological polar surface area (TPSA) is 60.9 Å². The Morgan fingerprint density at radius 3 is 2.80 bits per heavy atom. The van der Waals surface area contributed by atoms with Crippen molar-refractivity contribution in [2.24, 2.45) is 0 Å². The zero-order valence-electron chi connectivity index (χ0n) is 10.6. The van der Waals surface area contributed by atoms with Crippen molar-refractivity contribution in [1.82, 2.24) is 4.57 Å². The molecule has 0 unspecified atom stereocenters. The van der Waals surface area contributed by atoms with Crippen molar-refractivity contribution in [2.75, 3.05) is 6.61 Å². The van der Waals surface area contributed by atoms with Gasteiger partial charge in [-0.15, -0.1) is 0 Å². The SMILES string of the molecule is CCOC(=O)c1c(=O)on2c1ccc1cc(F)ccc12. The minimum atomic E-state index is -0.778. The first kappa shape index (κ1) is 12.4. The van der Waals surface area contributed by atoms with Crippen LogP contribution in [0.5, 0.6) is 0 Å². The second kappa shape index (κ2) is 4.48. The Morgan fingerprint density at radius 1 is 1.30 bits per heavy atom. The van der Waals surface area contributed by atoms with Gasteiger partial charge in [0.2, 0.25) is 0 Å². The van der Waals surface area contributed by atoms with Crippen molar-refractivity contribution in [2.45, 2.75) is 6.92 Å². The number of ether oxygens (including phenoxy) is 1. The molecule has 0 fully saturated rings. The van der Waals surface area contributed by atoms with Gasteiger partial charge >= 0.3 is 11.6 Å². The van der Waals surface area contributed by atoms with E-state index in [0.717, 1.165) is 0 Å². The summed E-state index contributed by atoms with van der Waals surface area (Å²) in [6, 6.07) is 7.20. The number of nitrogens with zero attached hydrogens (tertiary/aromatic N) is 1. The first-order chi connectivity index (χ1) is 9.61. The van der Waals surface area contributed by atoms with Crippen LogP contribution in [0.15, 0.2) is 39.6 Å². The number of benzene rings is 1. The van der Waals surface area contributed by atoms with Crippen LogP contribution in [0.2, 0.25) is 0 Å². The van der Waals surface area contributed by atoms with Crippen molar-refractivity contribution < 1.29 is 18.4 Å². The number of aromatic nitrogens is 1. The highest BCUT2D eigenvalue weighted by Gasteiger charge is 2.21. The summed E-state index contributed by atoms with van der Waals surface area (Å²) < 4.78 is 24.3. The van der Waals surface area contributed by atoms with Gasteiger partial charge in [0.05, 0.1) is 12.1 Å². The van der Waals surface area contributed by atoms with E-state index in [1.165, 1.54) is 28.8 Å². The van der Waals surface area contributed by atoms with E-state index in [1.54, 1.807) is 13.0 Å². The van der Waals surface area contributed by atoms with Gasteiger partial charge in [-0.1, -0.05) is 6.07 Å². The zero-order chi connectivity index (χ0) is 14.3. The fraction of sp³-hybridized carbons (Fsp3) is 0.143. The van der Waals surface area contributed by atoms with Crippen molar-refractivity contribution in [1.29, 1.82) is 0 Å². The Kier molecular flexibility index (Phi) is 2.78. The van der Waals surface area contributed by atoms with Crippen molar-refractivity contribution >= 4 is 22.4 Å². The Balaban J connectivity index is 2.35. The van der Waals surface area contributed by atoms with Crippen LogP contribution in [0.1, 0.15) is 17.3 Å². The van der Waals surface area contributed by atoms with E-state index >= 15 is 0 Å². The van der Waals surface area contributed by atoms with E-state index in [9.17, 15) is 14.0 Å². The largest absolute Gasteiger partial charge is 0.462 e. The molecular weight excluding hydrogens is 265 g/mol. The Labute approximate surface area is 112 Å². The summed E-state index contributed by atoms with van der Waals surface area (Å²) in [7, 11) is 0. The molecule has 2 heterocycles. The third-order valence-electron chi connectivity index (χ3n) is 2.96. The predicted octanol–water partition coefficient (Wildman–Crippen LogP) is 2.36. The summed E-state index contributed by atoms with van der Waals surface area (Å²) in [5.74, 6) is -1.12. The van der Waals surface area contributed by atoms with Gasteiger partial charge in [-0.3, -0.25) is 0 Å². The van der Waals surface area contributed by atoms with Gasteiger partial charge in [-0.25, -0.2) is 14.0 Å². The van der Waals surface area contributed by atoms with Crippen LogP contribution in [0.25, 0.3) is 16.4 Å². The molecule has 5 nitrogen and oxygen atoms in total. The number of hydrogen-bond acceptors (Lipinski definition) is 4. The number of esters is 1. The monoisotopic (exact) mass is 275 g/mol. The average molecular weight is 275 g/mol. The molecular formula is C14H10FNO4. The normalized spacial score (nSPS) is 11.1. The summed E-state index contributed by atoms with van der Waals surface area (Å²) in [6.45, 7) is 1.81. The molecule has 0 radical (unpaired) electrons. The van der Waals surface area contributed by atoms with E-state index < -0.39 is 17.4 Å². The molecule has 2 aromatic heterocycles. The molecule has 1 aromatic carbocycles. The highest BCUT2D eigenvalue weighted by Crippen LogP contribution is 2.20. The van der Waals surface area contributed by atoms with Crippen molar-refractivity contribution in [3.05, 3.63) is 52.1 Å². The molecule has 0 bridgehead atoms. The number of pyridine rings is 1. The molecule has 0 aliphatic heterocycles. The molecule has 0 spiro atoms. The lowest BCUT2D eigenvalue weighted by atomic mass is 10.2. The third-order valence-corrected chi connectivity index (χ3v) is 2.96. The maximum atomic E-state index is 13.2. The van der Waals surface area contributed by atoms with Crippen LogP contribution in [-0.4, -0.2) is 17.1 Å². The van der Waals surface area contributed by atoms with Crippen LogP contribution < -0.4 is 5.63 Å². The van der Waals surface area contributed by atoms with Gasteiger partial charge in [0, 0.05) is 5.39 Å². The fourth-order valence-electron chi connectivity index (χ4n) is 2.12. The van der Waals surface area contributed by atoms with Gasteiger partial charge in [-0.05, 0) is 31.2 Å². The van der Waals surface area contributed by atoms with E-state index in [0.29, 0.717) is 16.4 Å². The quantitative estimate of drug-likeness (QED) is 0.674.